The van der Waals surface area contributed by atoms with Gasteiger partial charge in [-0.1, -0.05) is 39.0 Å². The Labute approximate surface area is 204 Å². The van der Waals surface area contributed by atoms with E-state index in [1.165, 1.54) is 11.3 Å². The van der Waals surface area contributed by atoms with Crippen LogP contribution in [0.25, 0.3) is 0 Å². The molecule has 0 aromatic carbocycles. The van der Waals surface area contributed by atoms with Gasteiger partial charge in [0.25, 0.3) is 0 Å². The first-order valence-electron chi connectivity index (χ1n) is 12.0. The Bertz CT molecular complexity index is 1150. The average Bonchev–Trinajstić information content (AvgIpc) is 3.05. The highest BCUT2D eigenvalue weighted by Gasteiger charge is 2.76. The topological polar surface area (TPSA) is 96.7 Å². The summed E-state index contributed by atoms with van der Waals surface area (Å²) in [5.74, 6) is -0.894. The number of ketones is 1. The molecule has 2 N–H and O–H groups in total. The van der Waals surface area contributed by atoms with E-state index in [0.29, 0.717) is 28.4 Å². The second kappa shape index (κ2) is 7.45. The van der Waals surface area contributed by atoms with Crippen LogP contribution in [0.15, 0.2) is 41.5 Å². The molecule has 0 radical (unpaired) electrons. The molecular formula is C27H33NO5S. The third-order valence-corrected chi connectivity index (χ3v) is 10.0. The Hall–Kier alpha value is -2.09. The van der Waals surface area contributed by atoms with Crippen molar-refractivity contribution in [3.63, 3.8) is 0 Å². The lowest BCUT2D eigenvalue weighted by atomic mass is 9.59. The van der Waals surface area contributed by atoms with Crippen molar-refractivity contribution in [2.24, 2.45) is 34.5 Å². The highest BCUT2D eigenvalue weighted by atomic mass is 32.1. The summed E-state index contributed by atoms with van der Waals surface area (Å²) in [6, 6.07) is 0. The predicted molar refractivity (Wildman–Crippen MR) is 129 cm³/mol. The maximum Gasteiger partial charge on any atom is 0.358 e. The van der Waals surface area contributed by atoms with Gasteiger partial charge < -0.3 is 14.9 Å². The van der Waals surface area contributed by atoms with Gasteiger partial charge in [0.15, 0.2) is 23.2 Å². The zero-order valence-corrected chi connectivity index (χ0v) is 21.2. The fraction of sp³-hybridized carbons (Fsp3) is 0.593. The van der Waals surface area contributed by atoms with Crippen LogP contribution < -0.4 is 0 Å². The number of nitrogens with zero attached hydrogens (tertiary/aromatic N) is 1. The number of carbonyl (C=O) groups is 2. The number of hydrogen-bond donors (Lipinski definition) is 2. The number of carbonyl (C=O) groups excluding carboxylic acids is 2. The van der Waals surface area contributed by atoms with Crippen molar-refractivity contribution in [3.05, 3.63) is 52.0 Å². The molecule has 182 valence electrons. The predicted octanol–water partition coefficient (Wildman–Crippen LogP) is 4.03. The number of hydrogen-bond acceptors (Lipinski definition) is 7. The Morgan fingerprint density at radius 1 is 1.38 bits per heavy atom. The summed E-state index contributed by atoms with van der Waals surface area (Å²) in [5, 5.41) is 24.2. The van der Waals surface area contributed by atoms with E-state index in [2.05, 4.69) is 25.4 Å². The number of aliphatic hydroxyl groups is 2. The Kier molecular flexibility index (Phi) is 5.18. The molecule has 0 aliphatic heterocycles. The minimum atomic E-state index is -2.02. The fourth-order valence-corrected chi connectivity index (χ4v) is 8.03. The van der Waals surface area contributed by atoms with Crippen molar-refractivity contribution < 1.29 is 24.5 Å². The van der Waals surface area contributed by atoms with Crippen molar-refractivity contribution in [3.8, 4) is 0 Å². The zero-order chi connectivity index (χ0) is 24.8. The van der Waals surface area contributed by atoms with Gasteiger partial charge in [0.2, 0.25) is 0 Å². The first kappa shape index (κ1) is 23.6. The monoisotopic (exact) mass is 483 g/mol. The second-order valence-corrected chi connectivity index (χ2v) is 12.3. The molecule has 5 rings (SSSR count). The van der Waals surface area contributed by atoms with Gasteiger partial charge in [-0.25, -0.2) is 9.78 Å². The van der Waals surface area contributed by atoms with E-state index in [4.69, 9.17) is 4.74 Å². The van der Waals surface area contributed by atoms with Gasteiger partial charge in [-0.3, -0.25) is 4.79 Å². The molecule has 1 aromatic heterocycles. The first-order chi connectivity index (χ1) is 15.9. The molecule has 7 heteroatoms. The van der Waals surface area contributed by atoms with Gasteiger partial charge in [0, 0.05) is 10.8 Å². The smallest absolute Gasteiger partial charge is 0.358 e. The van der Waals surface area contributed by atoms with E-state index in [1.807, 2.05) is 13.0 Å². The number of aryl methyl sites for hydroxylation is 1. The summed E-state index contributed by atoms with van der Waals surface area (Å²) in [6.45, 7) is 13.8. The number of esters is 1. The molecule has 1 spiro atoms. The average molecular weight is 484 g/mol. The fourth-order valence-electron chi connectivity index (χ4n) is 7.46. The van der Waals surface area contributed by atoms with Crippen LogP contribution in [-0.4, -0.2) is 44.8 Å². The Morgan fingerprint density at radius 3 is 2.71 bits per heavy atom. The number of allylic oxidation sites excluding steroid dienone is 2. The van der Waals surface area contributed by atoms with Crippen molar-refractivity contribution >= 4 is 23.1 Å². The summed E-state index contributed by atoms with van der Waals surface area (Å²) in [5.41, 5.74) is -0.457. The van der Waals surface area contributed by atoms with Crippen molar-refractivity contribution in [1.29, 1.82) is 0 Å². The van der Waals surface area contributed by atoms with Crippen LogP contribution in [-0.2, 0) is 9.53 Å². The van der Waals surface area contributed by atoms with E-state index in [9.17, 15) is 19.8 Å². The SMILES string of the molecule is C=CCC1=C[C@@H]2C(=O)[C@]3(C=C(C)[C@H](OC(=O)c4ncsc4C)[C@@]3(O)[C@@H]1O)[C@H](C)C[C@@H]1[C@H]2C1(C)C. The van der Waals surface area contributed by atoms with E-state index in [-0.39, 0.29) is 28.7 Å². The van der Waals surface area contributed by atoms with Gasteiger partial charge >= 0.3 is 5.97 Å². The number of thiazole rings is 1. The molecule has 1 aromatic rings. The number of aliphatic hydroxyl groups excluding tert-OH is 1. The molecule has 2 bridgehead atoms. The Morgan fingerprint density at radius 2 is 2.09 bits per heavy atom. The van der Waals surface area contributed by atoms with E-state index >= 15 is 0 Å². The van der Waals surface area contributed by atoms with Crippen LogP contribution in [0.2, 0.25) is 0 Å². The quantitative estimate of drug-likeness (QED) is 0.496. The lowest BCUT2D eigenvalue weighted by molar-refractivity contribution is -0.190. The van der Waals surface area contributed by atoms with Crippen LogP contribution in [0, 0.1) is 41.4 Å². The molecule has 34 heavy (non-hydrogen) atoms. The number of fused-ring (bicyclic) bond motifs is 3. The van der Waals surface area contributed by atoms with Crippen LogP contribution in [0.3, 0.4) is 0 Å². The van der Waals surface area contributed by atoms with Crippen molar-refractivity contribution in [1.82, 2.24) is 4.98 Å². The number of rotatable bonds is 4. The molecule has 8 atom stereocenters. The third-order valence-electron chi connectivity index (χ3n) is 9.26. The molecule has 0 amide bonds. The summed E-state index contributed by atoms with van der Waals surface area (Å²) in [6.07, 6.45) is 3.89. The van der Waals surface area contributed by atoms with Gasteiger partial charge in [0.05, 0.1) is 10.9 Å². The highest BCUT2D eigenvalue weighted by Crippen LogP contribution is 2.71. The number of ether oxygens (including phenoxy) is 1. The van der Waals surface area contributed by atoms with E-state index in [1.54, 1.807) is 31.5 Å². The van der Waals surface area contributed by atoms with Gasteiger partial charge in [-0.15, -0.1) is 17.9 Å². The second-order valence-electron chi connectivity index (χ2n) is 11.2. The summed E-state index contributed by atoms with van der Waals surface area (Å²) in [4.78, 5) is 32.3. The number of aromatic nitrogens is 1. The van der Waals surface area contributed by atoms with Crippen LogP contribution in [0.4, 0.5) is 0 Å². The molecule has 2 fully saturated rings. The first-order valence-corrected chi connectivity index (χ1v) is 12.9. The van der Waals surface area contributed by atoms with E-state index < -0.39 is 35.1 Å². The molecule has 0 unspecified atom stereocenters. The normalized spacial score (nSPS) is 41.9. The molecule has 4 aliphatic carbocycles. The highest BCUT2D eigenvalue weighted by molar-refractivity contribution is 7.09. The van der Waals surface area contributed by atoms with E-state index in [0.717, 1.165) is 6.42 Å². The molecule has 6 nitrogen and oxygen atoms in total. The Balaban J connectivity index is 1.67. The lowest BCUT2D eigenvalue weighted by Gasteiger charge is -2.48. The maximum absolute atomic E-state index is 14.4. The zero-order valence-electron chi connectivity index (χ0n) is 20.4. The maximum atomic E-state index is 14.4. The molecule has 2 saturated carbocycles. The lowest BCUT2D eigenvalue weighted by Crippen LogP contribution is -2.65. The molecule has 4 aliphatic rings. The third kappa shape index (κ3) is 2.78. The van der Waals surface area contributed by atoms with Crippen LogP contribution >= 0.6 is 11.3 Å². The number of Topliss-reactive ketones (excluding diaryl/α,β-unsaturated/α-hetero) is 1. The van der Waals surface area contributed by atoms with Gasteiger partial charge in [-0.2, -0.15) is 0 Å². The minimum absolute atomic E-state index is 0.0186. The standard InChI is InChI=1S/C27H33NO5S/c1-7-8-16-10-17-19-18(25(19,5)6)9-14(3)26(22(17)30)11-13(2)23(27(26,32)21(16)29)33-24(31)20-15(4)34-12-28-20/h7,10-12,14,17-19,21,23,29,32H,1,8-9H2,2-6H3/t14-,17+,18-,19+,21-,23+,26+,27+/m1/s1. The summed E-state index contributed by atoms with van der Waals surface area (Å²) >= 11 is 1.33. The van der Waals surface area contributed by atoms with Crippen LogP contribution in [0.1, 0.15) is 55.9 Å². The largest absolute Gasteiger partial charge is 0.450 e. The molecule has 0 saturated heterocycles. The van der Waals surface area contributed by atoms with Gasteiger partial charge in [0.1, 0.15) is 6.10 Å². The van der Waals surface area contributed by atoms with Gasteiger partial charge in [-0.05, 0) is 61.0 Å². The van der Waals surface area contributed by atoms with Crippen molar-refractivity contribution in [2.45, 2.75) is 65.3 Å². The van der Waals surface area contributed by atoms with Crippen LogP contribution in [0.5, 0.6) is 0 Å². The minimum Gasteiger partial charge on any atom is -0.450 e. The molecule has 1 heterocycles. The summed E-state index contributed by atoms with van der Waals surface area (Å²) in [7, 11) is 0. The van der Waals surface area contributed by atoms with Crippen molar-refractivity contribution in [2.75, 3.05) is 0 Å². The molecular weight excluding hydrogens is 450 g/mol. The summed E-state index contributed by atoms with van der Waals surface area (Å²) < 4.78 is 5.90.